The Kier molecular flexibility index (Phi) is 9.07. The molecule has 34 heavy (non-hydrogen) atoms. The first-order valence-electron chi connectivity index (χ1n) is 10.5. The van der Waals surface area contributed by atoms with Crippen LogP contribution in [-0.4, -0.2) is 25.8 Å². The van der Waals surface area contributed by atoms with Crippen molar-refractivity contribution in [1.82, 2.24) is 0 Å². The SMILES string of the molecule is N#CCCN(CCOC(=O)Nc1ccccc1)c1ccc(N=Nc2ccc([NH+]([O-])[O-])cc2)cc1. The van der Waals surface area contributed by atoms with Gasteiger partial charge in [0.1, 0.15) is 12.3 Å². The van der Waals surface area contributed by atoms with Crippen molar-refractivity contribution < 1.29 is 14.8 Å². The number of nitriles is 1. The van der Waals surface area contributed by atoms with Crippen molar-refractivity contribution in [2.45, 2.75) is 6.42 Å². The minimum atomic E-state index is -1.25. The summed E-state index contributed by atoms with van der Waals surface area (Å²) in [4.78, 5) is 13.9. The highest BCUT2D eigenvalue weighted by Crippen LogP contribution is 2.23. The van der Waals surface area contributed by atoms with Crippen molar-refractivity contribution in [3.63, 3.8) is 0 Å². The highest BCUT2D eigenvalue weighted by molar-refractivity contribution is 5.84. The van der Waals surface area contributed by atoms with Gasteiger partial charge in [0.05, 0.1) is 30.4 Å². The minimum absolute atomic E-state index is 0.0716. The summed E-state index contributed by atoms with van der Waals surface area (Å²) in [5, 5.41) is 40.2. The zero-order valence-electron chi connectivity index (χ0n) is 18.3. The summed E-state index contributed by atoms with van der Waals surface area (Å²) in [6.45, 7) is 1.04. The average Bonchev–Trinajstić information content (AvgIpc) is 2.86. The number of hydrogen-bond donors (Lipinski definition) is 2. The van der Waals surface area contributed by atoms with Gasteiger partial charge in [0, 0.05) is 30.1 Å². The Morgan fingerprint density at radius 2 is 1.56 bits per heavy atom. The van der Waals surface area contributed by atoms with Crippen LogP contribution in [0.15, 0.2) is 89.1 Å². The van der Waals surface area contributed by atoms with Crippen LogP contribution in [0.4, 0.5) is 33.2 Å². The molecule has 2 N–H and O–H groups in total. The smallest absolute Gasteiger partial charge is 0.411 e. The Bertz CT molecular complexity index is 1110. The molecule has 174 valence electrons. The first-order chi connectivity index (χ1) is 16.5. The molecule has 0 radical (unpaired) electrons. The lowest BCUT2D eigenvalue weighted by molar-refractivity contribution is -0.715. The van der Waals surface area contributed by atoms with E-state index < -0.39 is 11.3 Å². The molecule has 0 aliphatic heterocycles. The Labute approximate surface area is 196 Å². The van der Waals surface area contributed by atoms with Crippen molar-refractivity contribution in [3.8, 4) is 6.07 Å². The normalized spacial score (nSPS) is 10.8. The van der Waals surface area contributed by atoms with E-state index in [4.69, 9.17) is 10.00 Å². The zero-order valence-corrected chi connectivity index (χ0v) is 18.3. The molecule has 10 heteroatoms. The lowest BCUT2D eigenvalue weighted by atomic mass is 10.2. The molecule has 0 aromatic heterocycles. The van der Waals surface area contributed by atoms with E-state index in [0.29, 0.717) is 36.6 Å². The summed E-state index contributed by atoms with van der Waals surface area (Å²) in [6, 6.07) is 24.3. The van der Waals surface area contributed by atoms with E-state index in [0.717, 1.165) is 5.69 Å². The highest BCUT2D eigenvalue weighted by Gasteiger charge is 2.09. The van der Waals surface area contributed by atoms with Gasteiger partial charge >= 0.3 is 6.09 Å². The number of rotatable bonds is 10. The monoisotopic (exact) mass is 459 g/mol. The third kappa shape index (κ3) is 7.68. The number of carbonyl (C=O) groups excluding carboxylic acids is 1. The molecule has 0 spiro atoms. The Morgan fingerprint density at radius 3 is 2.15 bits per heavy atom. The van der Waals surface area contributed by atoms with E-state index in [1.54, 1.807) is 36.4 Å². The molecule has 0 fully saturated rings. The minimum Gasteiger partial charge on any atom is -0.628 e. The lowest BCUT2D eigenvalue weighted by Crippen LogP contribution is -2.96. The summed E-state index contributed by atoms with van der Waals surface area (Å²) >= 11 is 0. The Morgan fingerprint density at radius 1 is 0.941 bits per heavy atom. The van der Waals surface area contributed by atoms with Crippen molar-refractivity contribution >= 4 is 34.5 Å². The van der Waals surface area contributed by atoms with Gasteiger partial charge in [-0.3, -0.25) is 5.32 Å². The van der Waals surface area contributed by atoms with Gasteiger partial charge < -0.3 is 25.3 Å². The number of nitrogens with zero attached hydrogens (tertiary/aromatic N) is 4. The third-order valence-corrected chi connectivity index (χ3v) is 4.71. The lowest BCUT2D eigenvalue weighted by Gasteiger charge is -2.24. The number of anilines is 2. The van der Waals surface area contributed by atoms with Crippen LogP contribution in [0.5, 0.6) is 0 Å². The fourth-order valence-corrected chi connectivity index (χ4v) is 2.99. The van der Waals surface area contributed by atoms with Crippen LogP contribution >= 0.6 is 0 Å². The average molecular weight is 459 g/mol. The predicted octanol–water partition coefficient (Wildman–Crippen LogP) is 4.58. The van der Waals surface area contributed by atoms with Crippen molar-refractivity contribution in [1.29, 1.82) is 5.26 Å². The van der Waals surface area contributed by atoms with Gasteiger partial charge in [0.2, 0.25) is 0 Å². The molecule has 0 atom stereocenters. The number of amides is 1. The molecule has 0 aliphatic rings. The quantitative estimate of drug-likeness (QED) is 0.336. The summed E-state index contributed by atoms with van der Waals surface area (Å²) in [5.41, 5.74) is 2.68. The van der Waals surface area contributed by atoms with E-state index in [9.17, 15) is 15.2 Å². The molecular weight excluding hydrogens is 436 g/mol. The van der Waals surface area contributed by atoms with Gasteiger partial charge in [-0.25, -0.2) is 4.79 Å². The molecule has 3 aromatic rings. The number of hydrogen-bond acceptors (Lipinski definition) is 8. The maximum atomic E-state index is 12.0. The number of para-hydroxylation sites is 1. The number of quaternary nitrogens is 1. The van der Waals surface area contributed by atoms with Gasteiger partial charge in [0.15, 0.2) is 0 Å². The standard InChI is InChI=1S/C24H23N6O4/c25-15-4-16-29(17-18-34-24(31)26-19-5-2-1-3-6-19)22-11-7-20(8-12-22)27-28-21-9-13-23(14-10-21)30(32)33/h1-3,5-14,30H,4,16-18H2,(H,26,31)/q-1. The first-order valence-corrected chi connectivity index (χ1v) is 10.5. The van der Waals surface area contributed by atoms with Crippen LogP contribution in [0.2, 0.25) is 0 Å². The van der Waals surface area contributed by atoms with Gasteiger partial charge in [-0.05, 0) is 48.5 Å². The highest BCUT2D eigenvalue weighted by atomic mass is 16.8. The van der Waals surface area contributed by atoms with Gasteiger partial charge in [-0.2, -0.15) is 15.5 Å². The molecule has 0 saturated heterocycles. The van der Waals surface area contributed by atoms with Crippen molar-refractivity contribution in [2.24, 2.45) is 10.2 Å². The van der Waals surface area contributed by atoms with Crippen LogP contribution in [-0.2, 0) is 4.74 Å². The van der Waals surface area contributed by atoms with Crippen molar-refractivity contribution in [2.75, 3.05) is 29.9 Å². The summed E-state index contributed by atoms with van der Waals surface area (Å²) in [7, 11) is 0. The first kappa shape index (κ1) is 24.3. The van der Waals surface area contributed by atoms with E-state index in [1.165, 1.54) is 12.1 Å². The fourth-order valence-electron chi connectivity index (χ4n) is 2.99. The molecule has 0 heterocycles. The number of nitrogens with one attached hydrogen (secondary N) is 2. The number of benzene rings is 3. The van der Waals surface area contributed by atoms with E-state index in [2.05, 4.69) is 21.6 Å². The van der Waals surface area contributed by atoms with Crippen LogP contribution < -0.4 is 15.4 Å². The fraction of sp³-hybridized carbons (Fsp3) is 0.167. The third-order valence-electron chi connectivity index (χ3n) is 4.71. The van der Waals surface area contributed by atoms with Crippen LogP contribution in [0.3, 0.4) is 0 Å². The van der Waals surface area contributed by atoms with E-state index in [-0.39, 0.29) is 12.3 Å². The molecular formula is C24H23N6O4-. The number of azo groups is 1. The van der Waals surface area contributed by atoms with Gasteiger partial charge in [0.25, 0.3) is 0 Å². The maximum absolute atomic E-state index is 12.0. The molecule has 3 aromatic carbocycles. The second kappa shape index (κ2) is 12.7. The van der Waals surface area contributed by atoms with E-state index in [1.807, 2.05) is 35.2 Å². The second-order valence-corrected chi connectivity index (χ2v) is 7.07. The van der Waals surface area contributed by atoms with Gasteiger partial charge in [-0.1, -0.05) is 18.2 Å². The van der Waals surface area contributed by atoms with Gasteiger partial charge in [-0.15, -0.1) is 0 Å². The number of ether oxygens (including phenoxy) is 1. The molecule has 0 saturated carbocycles. The molecule has 10 nitrogen and oxygen atoms in total. The van der Waals surface area contributed by atoms with Crippen molar-refractivity contribution in [3.05, 3.63) is 89.3 Å². The van der Waals surface area contributed by atoms with Crippen LogP contribution in [0.25, 0.3) is 0 Å². The topological polar surface area (TPSA) is 141 Å². The van der Waals surface area contributed by atoms with Crippen LogP contribution in [0.1, 0.15) is 6.42 Å². The second-order valence-electron chi connectivity index (χ2n) is 7.07. The zero-order chi connectivity index (χ0) is 24.2. The predicted molar refractivity (Wildman–Crippen MR) is 128 cm³/mol. The van der Waals surface area contributed by atoms with E-state index >= 15 is 0 Å². The maximum Gasteiger partial charge on any atom is 0.411 e. The largest absolute Gasteiger partial charge is 0.628 e. The molecule has 0 unspecified atom stereocenters. The number of carbonyl (C=O) groups is 1. The molecule has 0 aliphatic carbocycles. The summed E-state index contributed by atoms with van der Waals surface area (Å²) < 4.78 is 5.26. The molecule has 0 bridgehead atoms. The molecule has 1 amide bonds. The van der Waals surface area contributed by atoms with Crippen LogP contribution in [0, 0.1) is 21.7 Å². The Hall–Kier alpha value is -4.30. The summed E-state index contributed by atoms with van der Waals surface area (Å²) in [5.74, 6) is 0. The summed E-state index contributed by atoms with van der Waals surface area (Å²) in [6.07, 6.45) is -0.227. The Balaban J connectivity index is 1.55. The molecule has 3 rings (SSSR count).